The Kier molecular flexibility index (Phi) is 5.47. The Bertz CT molecular complexity index is 520. The second-order valence-corrected chi connectivity index (χ2v) is 6.91. The SMILES string of the molecule is CC(=O)N1CCCN(C(=O)N[C@@H](C)c2ccc(Cl)s2)CC1. The van der Waals surface area contributed by atoms with Crippen LogP contribution in [0.25, 0.3) is 0 Å². The van der Waals surface area contributed by atoms with E-state index in [0.717, 1.165) is 22.2 Å². The maximum atomic E-state index is 12.3. The highest BCUT2D eigenvalue weighted by Crippen LogP contribution is 2.26. The molecule has 0 spiro atoms. The number of amides is 3. The Morgan fingerprint density at radius 2 is 1.90 bits per heavy atom. The predicted molar refractivity (Wildman–Crippen MR) is 84.7 cm³/mol. The normalized spacial score (nSPS) is 17.3. The van der Waals surface area contributed by atoms with Crippen LogP contribution in [0.3, 0.4) is 0 Å². The smallest absolute Gasteiger partial charge is 0.317 e. The fourth-order valence-corrected chi connectivity index (χ4v) is 3.41. The Morgan fingerprint density at radius 1 is 1.24 bits per heavy atom. The van der Waals surface area contributed by atoms with Crippen molar-refractivity contribution < 1.29 is 9.59 Å². The van der Waals surface area contributed by atoms with Crippen LogP contribution in [0.5, 0.6) is 0 Å². The van der Waals surface area contributed by atoms with Crippen molar-refractivity contribution in [3.05, 3.63) is 21.3 Å². The van der Waals surface area contributed by atoms with Gasteiger partial charge in [-0.2, -0.15) is 0 Å². The quantitative estimate of drug-likeness (QED) is 0.907. The fraction of sp³-hybridized carbons (Fsp3) is 0.571. The van der Waals surface area contributed by atoms with Crippen molar-refractivity contribution in [2.24, 2.45) is 0 Å². The van der Waals surface area contributed by atoms with E-state index in [4.69, 9.17) is 11.6 Å². The van der Waals surface area contributed by atoms with Crippen LogP contribution in [0.15, 0.2) is 12.1 Å². The van der Waals surface area contributed by atoms with Gasteiger partial charge in [-0.15, -0.1) is 11.3 Å². The van der Waals surface area contributed by atoms with E-state index in [1.165, 1.54) is 11.3 Å². The molecule has 1 aliphatic heterocycles. The van der Waals surface area contributed by atoms with Gasteiger partial charge in [-0.3, -0.25) is 4.79 Å². The molecule has 1 fully saturated rings. The third-order valence-corrected chi connectivity index (χ3v) is 5.00. The van der Waals surface area contributed by atoms with Gasteiger partial charge in [-0.25, -0.2) is 4.79 Å². The zero-order valence-electron chi connectivity index (χ0n) is 12.3. The predicted octanol–water partition coefficient (Wildman–Crippen LogP) is 2.73. The highest BCUT2D eigenvalue weighted by atomic mass is 35.5. The Hall–Kier alpha value is -1.27. The molecule has 1 N–H and O–H groups in total. The third kappa shape index (κ3) is 4.35. The summed E-state index contributed by atoms with van der Waals surface area (Å²) in [5, 5.41) is 2.99. The van der Waals surface area contributed by atoms with Gasteiger partial charge in [0.15, 0.2) is 0 Å². The van der Waals surface area contributed by atoms with Gasteiger partial charge in [0.2, 0.25) is 5.91 Å². The summed E-state index contributed by atoms with van der Waals surface area (Å²) in [4.78, 5) is 28.3. The number of hydrogen-bond acceptors (Lipinski definition) is 3. The highest BCUT2D eigenvalue weighted by Gasteiger charge is 2.21. The molecule has 1 aromatic heterocycles. The van der Waals surface area contributed by atoms with E-state index >= 15 is 0 Å². The molecule has 21 heavy (non-hydrogen) atoms. The molecule has 0 bridgehead atoms. The lowest BCUT2D eigenvalue weighted by Gasteiger charge is -2.23. The molecular formula is C14H20ClN3O2S. The van der Waals surface area contributed by atoms with Crippen molar-refractivity contribution in [1.29, 1.82) is 0 Å². The van der Waals surface area contributed by atoms with E-state index in [-0.39, 0.29) is 18.0 Å². The first-order chi connectivity index (χ1) is 9.97. The second kappa shape index (κ2) is 7.13. The molecule has 0 aliphatic carbocycles. The molecule has 3 amide bonds. The summed E-state index contributed by atoms with van der Waals surface area (Å²) in [6.07, 6.45) is 0.812. The zero-order valence-corrected chi connectivity index (χ0v) is 13.8. The third-order valence-electron chi connectivity index (χ3n) is 3.59. The number of thiophene rings is 1. The van der Waals surface area contributed by atoms with Crippen molar-refractivity contribution in [1.82, 2.24) is 15.1 Å². The molecule has 1 saturated heterocycles. The van der Waals surface area contributed by atoms with E-state index < -0.39 is 0 Å². The molecule has 0 unspecified atom stereocenters. The first-order valence-corrected chi connectivity index (χ1v) is 8.23. The summed E-state index contributed by atoms with van der Waals surface area (Å²) >= 11 is 7.39. The molecular weight excluding hydrogens is 310 g/mol. The van der Waals surface area contributed by atoms with Crippen molar-refractivity contribution in [2.45, 2.75) is 26.3 Å². The molecule has 0 radical (unpaired) electrons. The minimum Gasteiger partial charge on any atom is -0.341 e. The van der Waals surface area contributed by atoms with E-state index in [1.54, 1.807) is 16.7 Å². The van der Waals surface area contributed by atoms with Crippen molar-refractivity contribution >= 4 is 34.9 Å². The average molecular weight is 330 g/mol. The Balaban J connectivity index is 1.89. The summed E-state index contributed by atoms with van der Waals surface area (Å²) in [7, 11) is 0. The van der Waals surface area contributed by atoms with Gasteiger partial charge in [-0.1, -0.05) is 11.6 Å². The molecule has 1 aliphatic rings. The van der Waals surface area contributed by atoms with E-state index in [0.29, 0.717) is 19.6 Å². The van der Waals surface area contributed by atoms with Crippen LogP contribution in [-0.2, 0) is 4.79 Å². The minimum atomic E-state index is -0.0857. The van der Waals surface area contributed by atoms with Gasteiger partial charge in [0.1, 0.15) is 0 Å². The summed E-state index contributed by atoms with van der Waals surface area (Å²) in [5.41, 5.74) is 0. The van der Waals surface area contributed by atoms with Crippen LogP contribution in [0.4, 0.5) is 4.79 Å². The molecule has 7 heteroatoms. The Labute approximate surface area is 133 Å². The first-order valence-electron chi connectivity index (χ1n) is 7.03. The van der Waals surface area contributed by atoms with E-state index in [2.05, 4.69) is 5.32 Å². The van der Waals surface area contributed by atoms with Gasteiger partial charge in [-0.05, 0) is 25.5 Å². The first kappa shape index (κ1) is 16.1. The van der Waals surface area contributed by atoms with Crippen LogP contribution in [0.2, 0.25) is 4.34 Å². The lowest BCUT2D eigenvalue weighted by molar-refractivity contribution is -0.128. The van der Waals surface area contributed by atoms with Gasteiger partial charge < -0.3 is 15.1 Å². The fourth-order valence-electron chi connectivity index (χ4n) is 2.34. The van der Waals surface area contributed by atoms with Crippen LogP contribution in [-0.4, -0.2) is 47.9 Å². The topological polar surface area (TPSA) is 52.7 Å². The van der Waals surface area contributed by atoms with Crippen molar-refractivity contribution in [3.8, 4) is 0 Å². The van der Waals surface area contributed by atoms with Crippen molar-refractivity contribution in [3.63, 3.8) is 0 Å². The molecule has 2 rings (SSSR count). The summed E-state index contributed by atoms with van der Waals surface area (Å²) in [6, 6.07) is 3.61. The molecule has 1 aromatic rings. The van der Waals surface area contributed by atoms with Gasteiger partial charge in [0.05, 0.1) is 10.4 Å². The zero-order chi connectivity index (χ0) is 15.4. The van der Waals surface area contributed by atoms with Gasteiger partial charge in [0.25, 0.3) is 0 Å². The minimum absolute atomic E-state index is 0.0674. The van der Waals surface area contributed by atoms with Crippen LogP contribution in [0.1, 0.15) is 31.2 Å². The van der Waals surface area contributed by atoms with Crippen LogP contribution in [0, 0.1) is 0 Å². The molecule has 0 aromatic carbocycles. The lowest BCUT2D eigenvalue weighted by atomic mass is 10.3. The number of nitrogens with one attached hydrogen (secondary N) is 1. The monoisotopic (exact) mass is 329 g/mol. The number of urea groups is 1. The number of halogens is 1. The number of nitrogens with zero attached hydrogens (tertiary/aromatic N) is 2. The maximum absolute atomic E-state index is 12.3. The maximum Gasteiger partial charge on any atom is 0.317 e. The lowest BCUT2D eigenvalue weighted by Crippen LogP contribution is -2.43. The summed E-state index contributed by atoms with van der Waals surface area (Å²) in [5.74, 6) is 0.0684. The van der Waals surface area contributed by atoms with E-state index in [9.17, 15) is 9.59 Å². The molecule has 0 saturated carbocycles. The number of rotatable bonds is 2. The number of carbonyl (C=O) groups excluding carboxylic acids is 2. The van der Waals surface area contributed by atoms with Gasteiger partial charge in [0, 0.05) is 38.0 Å². The Morgan fingerprint density at radius 3 is 2.52 bits per heavy atom. The largest absolute Gasteiger partial charge is 0.341 e. The molecule has 2 heterocycles. The van der Waals surface area contributed by atoms with E-state index in [1.807, 2.05) is 19.1 Å². The standard InChI is InChI=1S/C14H20ClN3O2S/c1-10(12-4-5-13(15)21-12)16-14(20)18-7-3-6-17(8-9-18)11(2)19/h4-5,10H,3,6-9H2,1-2H3,(H,16,20)/t10-/m0/s1. The molecule has 5 nitrogen and oxygen atoms in total. The summed E-state index contributed by atoms with van der Waals surface area (Å²) < 4.78 is 0.720. The van der Waals surface area contributed by atoms with Crippen LogP contribution >= 0.6 is 22.9 Å². The second-order valence-electron chi connectivity index (χ2n) is 5.16. The molecule has 1 atom stereocenters. The number of carbonyl (C=O) groups is 2. The average Bonchev–Trinajstić information content (AvgIpc) is 2.73. The molecule has 116 valence electrons. The highest BCUT2D eigenvalue weighted by molar-refractivity contribution is 7.16. The van der Waals surface area contributed by atoms with Crippen LogP contribution < -0.4 is 5.32 Å². The van der Waals surface area contributed by atoms with Crippen molar-refractivity contribution in [2.75, 3.05) is 26.2 Å². The van der Waals surface area contributed by atoms with Gasteiger partial charge >= 0.3 is 6.03 Å². The number of hydrogen-bond donors (Lipinski definition) is 1. The summed E-state index contributed by atoms with van der Waals surface area (Å²) in [6.45, 7) is 6.08.